The van der Waals surface area contributed by atoms with Crippen molar-refractivity contribution < 1.29 is 9.53 Å². The van der Waals surface area contributed by atoms with Crippen molar-refractivity contribution in [3.63, 3.8) is 0 Å². The molecule has 0 atom stereocenters. The highest BCUT2D eigenvalue weighted by Gasteiger charge is 2.50. The Morgan fingerprint density at radius 2 is 2.06 bits per heavy atom. The first kappa shape index (κ1) is 20.6. The van der Waals surface area contributed by atoms with Gasteiger partial charge in [-0.2, -0.15) is 5.26 Å². The molecule has 7 nitrogen and oxygen atoms in total. The second kappa shape index (κ2) is 8.01. The number of nitrogens with one attached hydrogen (secondary N) is 1. The maximum atomic E-state index is 12.8. The number of urea groups is 1. The van der Waals surface area contributed by atoms with Gasteiger partial charge in [-0.15, -0.1) is 0 Å². The van der Waals surface area contributed by atoms with Crippen LogP contribution in [0.1, 0.15) is 23.9 Å². The number of thiazole rings is 1. The predicted molar refractivity (Wildman–Crippen MR) is 123 cm³/mol. The number of aromatic nitrogens is 2. The van der Waals surface area contributed by atoms with Crippen LogP contribution in [0.15, 0.2) is 36.4 Å². The number of pyridine rings is 1. The minimum atomic E-state index is -0.139. The molecule has 32 heavy (non-hydrogen) atoms. The van der Waals surface area contributed by atoms with Crippen molar-refractivity contribution in [1.29, 1.82) is 5.26 Å². The van der Waals surface area contributed by atoms with Crippen LogP contribution in [0.3, 0.4) is 0 Å². The molecule has 3 aromatic rings. The quantitative estimate of drug-likeness (QED) is 0.639. The second-order valence-electron chi connectivity index (χ2n) is 8.51. The molecule has 0 unspecified atom stereocenters. The van der Waals surface area contributed by atoms with Crippen molar-refractivity contribution in [1.82, 2.24) is 14.9 Å². The number of anilines is 1. The van der Waals surface area contributed by atoms with Crippen LogP contribution < -0.4 is 5.32 Å². The van der Waals surface area contributed by atoms with Gasteiger partial charge in [0, 0.05) is 30.0 Å². The van der Waals surface area contributed by atoms with Crippen LogP contribution in [0.25, 0.3) is 21.7 Å². The van der Waals surface area contributed by atoms with E-state index in [0.717, 1.165) is 65.8 Å². The van der Waals surface area contributed by atoms with Crippen LogP contribution in [0, 0.1) is 23.7 Å². The van der Waals surface area contributed by atoms with Crippen LogP contribution >= 0.6 is 11.3 Å². The summed E-state index contributed by atoms with van der Waals surface area (Å²) in [6.45, 7) is 6.97. The Morgan fingerprint density at radius 3 is 2.75 bits per heavy atom. The monoisotopic (exact) mass is 445 g/mol. The molecule has 5 rings (SSSR count). The summed E-state index contributed by atoms with van der Waals surface area (Å²) in [6.07, 6.45) is 0.830. The van der Waals surface area contributed by atoms with Crippen molar-refractivity contribution in [3.05, 3.63) is 53.3 Å². The average Bonchev–Trinajstić information content (AvgIpc) is 3.15. The summed E-state index contributed by atoms with van der Waals surface area (Å²) >= 11 is 1.44. The number of hydrogen-bond acceptors (Lipinski definition) is 6. The number of ether oxygens (including phenoxy) is 1. The smallest absolute Gasteiger partial charge is 0.323 e. The first-order valence-corrected chi connectivity index (χ1v) is 11.4. The molecule has 2 fully saturated rings. The third-order valence-corrected chi connectivity index (χ3v) is 6.91. The van der Waals surface area contributed by atoms with E-state index in [0.29, 0.717) is 10.7 Å². The summed E-state index contributed by atoms with van der Waals surface area (Å²) in [5.74, 6) is 0. The Labute approximate surface area is 190 Å². The molecular formula is C24H23N5O2S. The van der Waals surface area contributed by atoms with Gasteiger partial charge in [0.25, 0.3) is 0 Å². The van der Waals surface area contributed by atoms with Gasteiger partial charge in [0.1, 0.15) is 0 Å². The molecule has 1 spiro atoms. The van der Waals surface area contributed by atoms with Crippen molar-refractivity contribution >= 4 is 22.5 Å². The number of aryl methyl sites for hydroxylation is 2. The van der Waals surface area contributed by atoms with E-state index in [1.807, 2.05) is 31.2 Å². The first-order valence-electron chi connectivity index (χ1n) is 10.6. The van der Waals surface area contributed by atoms with Crippen LogP contribution in [-0.2, 0) is 11.2 Å². The highest BCUT2D eigenvalue weighted by Crippen LogP contribution is 2.41. The van der Waals surface area contributed by atoms with Gasteiger partial charge in [0.05, 0.1) is 40.8 Å². The zero-order valence-electron chi connectivity index (χ0n) is 18.0. The fraction of sp³-hybridized carbons (Fsp3) is 0.333. The molecule has 0 radical (unpaired) electrons. The summed E-state index contributed by atoms with van der Waals surface area (Å²) in [4.78, 5) is 24.9. The standard InChI is InChI=1S/C24H23N5O2S/c1-3-19-9-18(7-15(2)26-19)21-20(17-6-4-5-16(8-17)10-25)27-22(32-21)28-23(30)29-11-24(12-29)13-31-14-24/h4-9H,3,11-14H2,1-2H3,(H,27,28,30). The minimum Gasteiger partial charge on any atom is -0.380 e. The largest absolute Gasteiger partial charge is 0.380 e. The Hall–Kier alpha value is -3.28. The number of benzene rings is 1. The summed E-state index contributed by atoms with van der Waals surface area (Å²) in [6, 6.07) is 13.5. The maximum absolute atomic E-state index is 12.8. The number of carbonyl (C=O) groups is 1. The summed E-state index contributed by atoms with van der Waals surface area (Å²) in [5.41, 5.74) is 5.28. The molecule has 0 bridgehead atoms. The summed E-state index contributed by atoms with van der Waals surface area (Å²) < 4.78 is 5.29. The number of hydrogen-bond donors (Lipinski definition) is 1. The molecule has 2 saturated heterocycles. The van der Waals surface area contributed by atoms with Crippen molar-refractivity contribution in [2.24, 2.45) is 5.41 Å². The zero-order valence-corrected chi connectivity index (χ0v) is 18.8. The number of nitrogens with zero attached hydrogens (tertiary/aromatic N) is 4. The van der Waals surface area contributed by atoms with Gasteiger partial charge in [-0.05, 0) is 43.2 Å². The van der Waals surface area contributed by atoms with E-state index in [1.54, 1.807) is 11.0 Å². The summed E-state index contributed by atoms with van der Waals surface area (Å²) in [5, 5.41) is 12.9. The van der Waals surface area contributed by atoms with E-state index in [1.165, 1.54) is 11.3 Å². The summed E-state index contributed by atoms with van der Waals surface area (Å²) in [7, 11) is 0. The van der Waals surface area contributed by atoms with Crippen LogP contribution in [0.2, 0.25) is 0 Å². The lowest BCUT2D eigenvalue weighted by Crippen LogP contribution is -2.67. The second-order valence-corrected chi connectivity index (χ2v) is 9.51. The molecule has 1 N–H and O–H groups in total. The van der Waals surface area contributed by atoms with Crippen LogP contribution in [0.4, 0.5) is 9.93 Å². The average molecular weight is 446 g/mol. The molecule has 0 saturated carbocycles. The normalized spacial score (nSPS) is 16.2. The van der Waals surface area contributed by atoms with Crippen molar-refractivity contribution in [2.45, 2.75) is 20.3 Å². The van der Waals surface area contributed by atoms with E-state index in [4.69, 9.17) is 9.72 Å². The number of carbonyl (C=O) groups excluding carboxylic acids is 1. The lowest BCUT2D eigenvalue weighted by atomic mass is 9.78. The van der Waals surface area contributed by atoms with Gasteiger partial charge < -0.3 is 9.64 Å². The highest BCUT2D eigenvalue weighted by atomic mass is 32.1. The Morgan fingerprint density at radius 1 is 1.25 bits per heavy atom. The molecule has 2 aromatic heterocycles. The van der Waals surface area contributed by atoms with Gasteiger partial charge >= 0.3 is 6.03 Å². The molecule has 8 heteroatoms. The fourth-order valence-electron chi connectivity index (χ4n) is 4.20. The predicted octanol–water partition coefficient (Wildman–Crippen LogP) is 4.48. The minimum absolute atomic E-state index is 0.139. The van der Waals surface area contributed by atoms with Crippen LogP contribution in [-0.4, -0.2) is 47.2 Å². The van der Waals surface area contributed by atoms with E-state index in [-0.39, 0.29) is 11.4 Å². The lowest BCUT2D eigenvalue weighted by Gasteiger charge is -2.54. The Kier molecular flexibility index (Phi) is 5.16. The third kappa shape index (κ3) is 3.74. The number of rotatable bonds is 4. The molecule has 2 aliphatic heterocycles. The van der Waals surface area contributed by atoms with Crippen molar-refractivity contribution in [2.75, 3.05) is 31.6 Å². The number of amides is 2. The van der Waals surface area contributed by atoms with Gasteiger partial charge in [-0.1, -0.05) is 30.4 Å². The van der Waals surface area contributed by atoms with Gasteiger partial charge in [0.2, 0.25) is 0 Å². The lowest BCUT2D eigenvalue weighted by molar-refractivity contribution is -0.174. The topological polar surface area (TPSA) is 91.1 Å². The van der Waals surface area contributed by atoms with E-state index < -0.39 is 0 Å². The molecule has 2 amide bonds. The highest BCUT2D eigenvalue weighted by molar-refractivity contribution is 7.19. The van der Waals surface area contributed by atoms with Gasteiger partial charge in [-0.3, -0.25) is 10.3 Å². The Balaban J connectivity index is 1.49. The van der Waals surface area contributed by atoms with E-state index in [2.05, 4.69) is 29.4 Å². The molecule has 2 aliphatic rings. The molecule has 162 valence electrons. The molecule has 0 aliphatic carbocycles. The van der Waals surface area contributed by atoms with E-state index in [9.17, 15) is 10.1 Å². The molecule has 1 aromatic carbocycles. The van der Waals surface area contributed by atoms with Gasteiger partial charge in [0.15, 0.2) is 5.13 Å². The first-order chi connectivity index (χ1) is 15.5. The zero-order chi connectivity index (χ0) is 22.3. The Bertz CT molecular complexity index is 1230. The van der Waals surface area contributed by atoms with Crippen LogP contribution in [0.5, 0.6) is 0 Å². The number of likely N-dealkylation sites (tertiary alicyclic amines) is 1. The molecule has 4 heterocycles. The fourth-order valence-corrected chi connectivity index (χ4v) is 5.17. The third-order valence-electron chi connectivity index (χ3n) is 5.89. The maximum Gasteiger partial charge on any atom is 0.323 e. The van der Waals surface area contributed by atoms with E-state index >= 15 is 0 Å². The number of nitriles is 1. The van der Waals surface area contributed by atoms with Crippen molar-refractivity contribution in [3.8, 4) is 27.8 Å². The molecular weight excluding hydrogens is 422 g/mol. The van der Waals surface area contributed by atoms with Gasteiger partial charge in [-0.25, -0.2) is 9.78 Å². The SMILES string of the molecule is CCc1cc(-c2sc(NC(=O)N3CC4(COC4)C3)nc2-c2cccc(C#N)c2)cc(C)n1.